The van der Waals surface area contributed by atoms with E-state index in [1.807, 2.05) is 0 Å². The fraction of sp³-hybridized carbons (Fsp3) is 0.529. The lowest BCUT2D eigenvalue weighted by atomic mass is 9.81. The Morgan fingerprint density at radius 2 is 1.96 bits per heavy atom. The number of carboxylic acids is 1. The second-order valence-corrected chi connectivity index (χ2v) is 6.66. The van der Waals surface area contributed by atoms with Gasteiger partial charge in [-0.25, -0.2) is 0 Å². The number of rotatable bonds is 4. The molecule has 0 unspecified atom stereocenters. The van der Waals surface area contributed by atoms with Crippen molar-refractivity contribution in [1.82, 2.24) is 4.90 Å². The molecule has 3 rings (SSSR count). The van der Waals surface area contributed by atoms with Gasteiger partial charge >= 0.3 is 12.1 Å². The molecule has 1 N–H and O–H groups in total. The minimum Gasteiger partial charge on any atom is -0.484 e. The summed E-state index contributed by atoms with van der Waals surface area (Å²) in [7, 11) is 0. The van der Waals surface area contributed by atoms with Gasteiger partial charge in [0.2, 0.25) is 0 Å². The molecule has 1 saturated heterocycles. The summed E-state index contributed by atoms with van der Waals surface area (Å²) in [5.74, 6) is -1.18. The molecular formula is C17H18F3NO4. The van der Waals surface area contributed by atoms with Crippen LogP contribution in [0.25, 0.3) is 0 Å². The van der Waals surface area contributed by atoms with Crippen molar-refractivity contribution in [2.45, 2.75) is 25.4 Å². The van der Waals surface area contributed by atoms with E-state index in [9.17, 15) is 27.9 Å². The number of fused-ring (bicyclic) bond motifs is 1. The smallest absolute Gasteiger partial charge is 0.422 e. The van der Waals surface area contributed by atoms with Crippen LogP contribution in [0.15, 0.2) is 24.3 Å². The molecule has 0 aromatic heterocycles. The fourth-order valence-electron chi connectivity index (χ4n) is 3.84. The number of carbonyl (C=O) groups excluding carboxylic acids is 1. The van der Waals surface area contributed by atoms with Gasteiger partial charge in [-0.2, -0.15) is 13.2 Å². The van der Waals surface area contributed by atoms with Gasteiger partial charge in [-0.05, 0) is 43.0 Å². The Hall–Kier alpha value is -2.25. The van der Waals surface area contributed by atoms with Crippen LogP contribution in [-0.4, -0.2) is 47.8 Å². The van der Waals surface area contributed by atoms with E-state index in [0.29, 0.717) is 18.5 Å². The number of ether oxygens (including phenoxy) is 1. The van der Waals surface area contributed by atoms with Crippen LogP contribution < -0.4 is 4.74 Å². The van der Waals surface area contributed by atoms with Crippen LogP contribution in [0, 0.1) is 11.3 Å². The lowest BCUT2D eigenvalue weighted by Gasteiger charge is -2.23. The third-order valence-corrected chi connectivity index (χ3v) is 5.09. The van der Waals surface area contributed by atoms with Crippen LogP contribution in [0.5, 0.6) is 5.75 Å². The summed E-state index contributed by atoms with van der Waals surface area (Å²) in [5.41, 5.74) is -0.550. The molecule has 1 aliphatic carbocycles. The predicted octanol–water partition coefficient (Wildman–Crippen LogP) is 2.95. The molecule has 8 heteroatoms. The molecule has 25 heavy (non-hydrogen) atoms. The third-order valence-electron chi connectivity index (χ3n) is 5.09. The number of halogens is 3. The Morgan fingerprint density at radius 1 is 1.28 bits per heavy atom. The van der Waals surface area contributed by atoms with Crippen molar-refractivity contribution in [2.75, 3.05) is 19.7 Å². The maximum Gasteiger partial charge on any atom is 0.422 e. The highest BCUT2D eigenvalue weighted by Gasteiger charge is 2.55. The molecule has 136 valence electrons. The van der Waals surface area contributed by atoms with Crippen molar-refractivity contribution in [3.05, 3.63) is 29.8 Å². The summed E-state index contributed by atoms with van der Waals surface area (Å²) in [4.78, 5) is 25.8. The van der Waals surface area contributed by atoms with Crippen LogP contribution in [-0.2, 0) is 4.79 Å². The molecule has 2 fully saturated rings. The largest absolute Gasteiger partial charge is 0.484 e. The molecule has 1 aromatic carbocycles. The van der Waals surface area contributed by atoms with Crippen LogP contribution >= 0.6 is 0 Å². The van der Waals surface area contributed by atoms with E-state index in [-0.39, 0.29) is 24.1 Å². The van der Waals surface area contributed by atoms with E-state index in [1.165, 1.54) is 29.2 Å². The predicted molar refractivity (Wildman–Crippen MR) is 81.3 cm³/mol. The van der Waals surface area contributed by atoms with Crippen molar-refractivity contribution in [2.24, 2.45) is 11.3 Å². The van der Waals surface area contributed by atoms with Gasteiger partial charge in [0.1, 0.15) is 5.75 Å². The van der Waals surface area contributed by atoms with Crippen molar-refractivity contribution in [3.8, 4) is 5.75 Å². The standard InChI is InChI=1S/C17H18F3NO4/c18-17(19,20)10-25-13-5-3-11(4-6-13)14(22)21-8-12-2-1-7-16(12,9-21)15(23)24/h3-6,12H,1-2,7-10H2,(H,23,24)/t12-,16+/m0/s1. The first-order valence-corrected chi connectivity index (χ1v) is 8.03. The Morgan fingerprint density at radius 3 is 2.52 bits per heavy atom. The molecule has 1 aromatic rings. The summed E-state index contributed by atoms with van der Waals surface area (Å²) < 4.78 is 41.0. The van der Waals surface area contributed by atoms with Gasteiger partial charge in [-0.15, -0.1) is 0 Å². The maximum atomic E-state index is 12.6. The average molecular weight is 357 g/mol. The molecule has 2 aliphatic rings. The van der Waals surface area contributed by atoms with E-state index < -0.39 is 24.2 Å². The number of aliphatic carboxylic acids is 1. The van der Waals surface area contributed by atoms with E-state index in [1.54, 1.807) is 0 Å². The molecular weight excluding hydrogens is 339 g/mol. The van der Waals surface area contributed by atoms with E-state index >= 15 is 0 Å². The summed E-state index contributed by atoms with van der Waals surface area (Å²) in [5, 5.41) is 9.56. The number of likely N-dealkylation sites (tertiary alicyclic amines) is 1. The molecule has 1 amide bonds. The zero-order valence-corrected chi connectivity index (χ0v) is 13.4. The summed E-state index contributed by atoms with van der Waals surface area (Å²) in [6.45, 7) is -0.815. The van der Waals surface area contributed by atoms with Gasteiger partial charge in [-0.1, -0.05) is 6.42 Å². The van der Waals surface area contributed by atoms with Crippen molar-refractivity contribution in [3.63, 3.8) is 0 Å². The summed E-state index contributed by atoms with van der Waals surface area (Å²) in [6, 6.07) is 5.41. The highest BCUT2D eigenvalue weighted by atomic mass is 19.4. The van der Waals surface area contributed by atoms with Crippen molar-refractivity contribution < 1.29 is 32.6 Å². The number of alkyl halides is 3. The molecule has 1 heterocycles. The van der Waals surface area contributed by atoms with Crippen molar-refractivity contribution >= 4 is 11.9 Å². The Kier molecular flexibility index (Phi) is 4.38. The fourth-order valence-corrected chi connectivity index (χ4v) is 3.84. The number of carboxylic acid groups (broad SMARTS) is 1. The third kappa shape index (κ3) is 3.43. The lowest BCUT2D eigenvalue weighted by molar-refractivity contribution is -0.153. The second-order valence-electron chi connectivity index (χ2n) is 6.66. The van der Waals surface area contributed by atoms with Gasteiger partial charge in [-0.3, -0.25) is 9.59 Å². The number of benzene rings is 1. The molecule has 0 spiro atoms. The van der Waals surface area contributed by atoms with Crippen LogP contribution in [0.3, 0.4) is 0 Å². The van der Waals surface area contributed by atoms with E-state index in [2.05, 4.69) is 4.74 Å². The van der Waals surface area contributed by atoms with Gasteiger partial charge in [0, 0.05) is 18.7 Å². The van der Waals surface area contributed by atoms with Gasteiger partial charge < -0.3 is 14.7 Å². The van der Waals surface area contributed by atoms with Crippen molar-refractivity contribution in [1.29, 1.82) is 0 Å². The first-order valence-electron chi connectivity index (χ1n) is 8.03. The number of hydrogen-bond donors (Lipinski definition) is 1. The molecule has 0 bridgehead atoms. The highest BCUT2D eigenvalue weighted by Crippen LogP contribution is 2.49. The molecule has 2 atom stereocenters. The van der Waals surface area contributed by atoms with E-state index in [4.69, 9.17) is 0 Å². The van der Waals surface area contributed by atoms with Crippen LogP contribution in [0.2, 0.25) is 0 Å². The molecule has 0 radical (unpaired) electrons. The van der Waals surface area contributed by atoms with Gasteiger partial charge in [0.25, 0.3) is 5.91 Å². The summed E-state index contributed by atoms with van der Waals surface area (Å²) in [6.07, 6.45) is -2.21. The normalized spacial score (nSPS) is 25.7. The maximum absolute atomic E-state index is 12.6. The first-order chi connectivity index (χ1) is 11.7. The second kappa shape index (κ2) is 6.24. The molecule has 5 nitrogen and oxygen atoms in total. The first kappa shape index (κ1) is 17.6. The Balaban J connectivity index is 1.67. The average Bonchev–Trinajstić information content (AvgIpc) is 3.10. The Bertz CT molecular complexity index is 673. The highest BCUT2D eigenvalue weighted by molar-refractivity contribution is 5.95. The summed E-state index contributed by atoms with van der Waals surface area (Å²) >= 11 is 0. The minimum atomic E-state index is -4.42. The SMILES string of the molecule is O=C(c1ccc(OCC(F)(F)F)cc1)N1C[C@@H]2CCC[C@@]2(C(=O)O)C1. The zero-order chi connectivity index (χ0) is 18.2. The zero-order valence-electron chi connectivity index (χ0n) is 13.4. The molecule has 1 saturated carbocycles. The van der Waals surface area contributed by atoms with Crippen LogP contribution in [0.1, 0.15) is 29.6 Å². The number of amides is 1. The quantitative estimate of drug-likeness (QED) is 0.900. The monoisotopic (exact) mass is 357 g/mol. The topological polar surface area (TPSA) is 66.8 Å². The van der Waals surface area contributed by atoms with Crippen LogP contribution in [0.4, 0.5) is 13.2 Å². The van der Waals surface area contributed by atoms with E-state index in [0.717, 1.165) is 12.8 Å². The number of nitrogens with zero attached hydrogens (tertiary/aromatic N) is 1. The van der Waals surface area contributed by atoms with Gasteiger partial charge in [0.15, 0.2) is 6.61 Å². The minimum absolute atomic E-state index is 0.0224. The Labute approximate surface area is 142 Å². The van der Waals surface area contributed by atoms with Gasteiger partial charge in [0.05, 0.1) is 5.41 Å². The number of carbonyl (C=O) groups is 2. The lowest BCUT2D eigenvalue weighted by Crippen LogP contribution is -2.37. The molecule has 1 aliphatic heterocycles. The number of hydrogen-bond acceptors (Lipinski definition) is 3.